The van der Waals surface area contributed by atoms with E-state index in [0.29, 0.717) is 39.7 Å². The van der Waals surface area contributed by atoms with Crippen LogP contribution in [0.4, 0.5) is 0 Å². The lowest BCUT2D eigenvalue weighted by molar-refractivity contribution is 0.0949. The Kier molecular flexibility index (Phi) is 6.94. The van der Waals surface area contributed by atoms with Crippen LogP contribution in [-0.4, -0.2) is 39.5 Å². The molecule has 0 bridgehead atoms. The fourth-order valence-corrected chi connectivity index (χ4v) is 3.96. The summed E-state index contributed by atoms with van der Waals surface area (Å²) < 4.78 is 17.7. The Hall–Kier alpha value is -3.79. The van der Waals surface area contributed by atoms with E-state index in [4.69, 9.17) is 14.0 Å². The van der Waals surface area contributed by atoms with Crippen molar-refractivity contribution in [2.75, 3.05) is 13.7 Å². The molecule has 0 atom stereocenters. The van der Waals surface area contributed by atoms with Gasteiger partial charge in [0.2, 0.25) is 5.16 Å². The van der Waals surface area contributed by atoms with Crippen molar-refractivity contribution in [3.05, 3.63) is 71.7 Å². The molecule has 4 rings (SSSR count). The Morgan fingerprint density at radius 1 is 1.09 bits per heavy atom. The van der Waals surface area contributed by atoms with E-state index in [1.807, 2.05) is 48.7 Å². The highest BCUT2D eigenvalue weighted by molar-refractivity contribution is 7.99. The number of hydrogen-bond donors (Lipinski definition) is 1. The van der Waals surface area contributed by atoms with Gasteiger partial charge in [-0.15, -0.1) is 10.2 Å². The first-order chi connectivity index (χ1) is 16.1. The molecule has 0 saturated carbocycles. The van der Waals surface area contributed by atoms with E-state index in [9.17, 15) is 4.79 Å². The third-order valence-corrected chi connectivity index (χ3v) is 5.52. The van der Waals surface area contributed by atoms with E-state index < -0.39 is 0 Å². The van der Waals surface area contributed by atoms with Crippen molar-refractivity contribution in [1.29, 1.82) is 0 Å². The maximum atomic E-state index is 12.6. The molecule has 9 nitrogen and oxygen atoms in total. The molecule has 0 radical (unpaired) electrons. The number of methoxy groups -OCH3 is 1. The molecule has 2 aromatic heterocycles. The van der Waals surface area contributed by atoms with Crippen LogP contribution in [0.15, 0.2) is 69.3 Å². The normalized spacial score (nSPS) is 10.8. The molecule has 0 aliphatic carbocycles. The number of benzene rings is 2. The molecule has 2 heterocycles. The zero-order valence-corrected chi connectivity index (χ0v) is 19.3. The fraction of sp³-hybridized carbons (Fsp3) is 0.217. The van der Waals surface area contributed by atoms with Gasteiger partial charge in [-0.25, -0.2) is 0 Å². The first-order valence-corrected chi connectivity index (χ1v) is 11.1. The Balaban J connectivity index is 1.58. The van der Waals surface area contributed by atoms with Crippen LogP contribution in [0.2, 0.25) is 0 Å². The maximum Gasteiger partial charge on any atom is 0.251 e. The zero-order valence-electron chi connectivity index (χ0n) is 18.4. The number of carbonyl (C=O) groups excluding carboxylic acids is 1. The van der Waals surface area contributed by atoms with Gasteiger partial charge in [-0.1, -0.05) is 5.16 Å². The molecule has 0 aliphatic rings. The van der Waals surface area contributed by atoms with Crippen LogP contribution < -0.4 is 14.8 Å². The van der Waals surface area contributed by atoms with Crippen LogP contribution >= 0.6 is 11.8 Å². The van der Waals surface area contributed by atoms with Gasteiger partial charge >= 0.3 is 0 Å². The minimum atomic E-state index is -0.222. The van der Waals surface area contributed by atoms with E-state index in [1.165, 1.54) is 11.8 Å². The van der Waals surface area contributed by atoms with Crippen LogP contribution in [0, 0.1) is 6.92 Å². The van der Waals surface area contributed by atoms with Crippen molar-refractivity contribution < 1.29 is 18.8 Å². The van der Waals surface area contributed by atoms with Crippen molar-refractivity contribution in [1.82, 2.24) is 25.2 Å². The number of hydrogen-bond acceptors (Lipinski definition) is 8. The third-order valence-electron chi connectivity index (χ3n) is 4.67. The summed E-state index contributed by atoms with van der Waals surface area (Å²) in [6.45, 7) is 4.53. The van der Waals surface area contributed by atoms with E-state index in [1.54, 1.807) is 31.4 Å². The fourth-order valence-electron chi connectivity index (χ4n) is 3.09. The molecule has 1 N–H and O–H groups in total. The molecule has 4 aromatic rings. The SMILES string of the molecule is CCOc1ccc(-n2c(CNC(=O)c3ccc(OC)cc3)nnc2Sc2cc(C)on2)cc1. The largest absolute Gasteiger partial charge is 0.497 e. The molecule has 10 heteroatoms. The summed E-state index contributed by atoms with van der Waals surface area (Å²) in [5.74, 6) is 2.51. The number of rotatable bonds is 9. The summed E-state index contributed by atoms with van der Waals surface area (Å²) >= 11 is 1.33. The second kappa shape index (κ2) is 10.2. The summed E-state index contributed by atoms with van der Waals surface area (Å²) in [7, 11) is 1.58. The number of amides is 1. The van der Waals surface area contributed by atoms with Gasteiger partial charge in [0.15, 0.2) is 5.82 Å². The van der Waals surface area contributed by atoms with E-state index in [-0.39, 0.29) is 12.5 Å². The van der Waals surface area contributed by atoms with Gasteiger partial charge in [-0.2, -0.15) is 0 Å². The van der Waals surface area contributed by atoms with Gasteiger partial charge in [0, 0.05) is 17.3 Å². The van der Waals surface area contributed by atoms with E-state index >= 15 is 0 Å². The van der Waals surface area contributed by atoms with Gasteiger partial charge in [-0.05, 0) is 74.1 Å². The molecule has 0 aliphatic heterocycles. The summed E-state index contributed by atoms with van der Waals surface area (Å²) in [6.07, 6.45) is 0. The summed E-state index contributed by atoms with van der Waals surface area (Å²) in [4.78, 5) is 12.6. The Bertz CT molecular complexity index is 1220. The van der Waals surface area contributed by atoms with E-state index in [0.717, 1.165) is 11.4 Å². The predicted octanol–water partition coefficient (Wildman–Crippen LogP) is 4.05. The Morgan fingerprint density at radius 2 is 1.82 bits per heavy atom. The second-order valence-corrected chi connectivity index (χ2v) is 7.94. The molecule has 33 heavy (non-hydrogen) atoms. The monoisotopic (exact) mass is 465 g/mol. The molecule has 0 saturated heterocycles. The smallest absolute Gasteiger partial charge is 0.251 e. The lowest BCUT2D eigenvalue weighted by atomic mass is 10.2. The highest BCUT2D eigenvalue weighted by Crippen LogP contribution is 2.29. The van der Waals surface area contributed by atoms with Crippen LogP contribution in [0.1, 0.15) is 28.9 Å². The lowest BCUT2D eigenvalue weighted by Crippen LogP contribution is -2.24. The molecule has 1 amide bonds. The zero-order chi connectivity index (χ0) is 23.2. The molecule has 2 aromatic carbocycles. The molecular formula is C23H23N5O4S. The Labute approximate surface area is 195 Å². The number of carbonyl (C=O) groups is 1. The predicted molar refractivity (Wildman–Crippen MR) is 122 cm³/mol. The van der Waals surface area contributed by atoms with Gasteiger partial charge in [0.1, 0.15) is 22.3 Å². The average Bonchev–Trinajstić information content (AvgIpc) is 3.44. The van der Waals surface area contributed by atoms with E-state index in [2.05, 4.69) is 20.7 Å². The highest BCUT2D eigenvalue weighted by atomic mass is 32.2. The van der Waals surface area contributed by atoms with Gasteiger partial charge in [0.25, 0.3) is 5.91 Å². The molecular weight excluding hydrogens is 442 g/mol. The van der Waals surface area contributed by atoms with Crippen LogP contribution in [-0.2, 0) is 6.54 Å². The molecule has 170 valence electrons. The summed E-state index contributed by atoms with van der Waals surface area (Å²) in [6, 6.07) is 16.3. The van der Waals surface area contributed by atoms with Crippen molar-refractivity contribution in [2.24, 2.45) is 0 Å². The van der Waals surface area contributed by atoms with Crippen molar-refractivity contribution in [3.8, 4) is 17.2 Å². The van der Waals surface area contributed by atoms with Crippen LogP contribution in [0.3, 0.4) is 0 Å². The van der Waals surface area contributed by atoms with Crippen LogP contribution in [0.25, 0.3) is 5.69 Å². The molecule has 0 spiro atoms. The number of aromatic nitrogens is 4. The number of aryl methyl sites for hydroxylation is 1. The van der Waals surface area contributed by atoms with Gasteiger partial charge in [0.05, 0.1) is 20.3 Å². The second-order valence-electron chi connectivity index (χ2n) is 6.95. The average molecular weight is 466 g/mol. The van der Waals surface area contributed by atoms with Crippen LogP contribution in [0.5, 0.6) is 11.5 Å². The first-order valence-electron chi connectivity index (χ1n) is 10.3. The third kappa shape index (κ3) is 5.35. The number of nitrogens with zero attached hydrogens (tertiary/aromatic N) is 4. The standard InChI is InChI=1S/C23H23N5O4S/c1-4-31-19-11-7-17(8-12-19)28-20(25-26-23(28)33-21-13-15(2)32-27-21)14-24-22(29)16-5-9-18(30-3)10-6-16/h5-13H,4,14H2,1-3H3,(H,24,29). The topological polar surface area (TPSA) is 104 Å². The first kappa shape index (κ1) is 22.4. The molecule has 0 unspecified atom stereocenters. The Morgan fingerprint density at radius 3 is 2.45 bits per heavy atom. The quantitative estimate of drug-likeness (QED) is 0.395. The lowest BCUT2D eigenvalue weighted by Gasteiger charge is -2.11. The molecule has 0 fully saturated rings. The number of ether oxygens (including phenoxy) is 2. The minimum absolute atomic E-state index is 0.184. The van der Waals surface area contributed by atoms with Crippen molar-refractivity contribution in [2.45, 2.75) is 30.6 Å². The maximum absolute atomic E-state index is 12.6. The van der Waals surface area contributed by atoms with Gasteiger partial charge in [-0.3, -0.25) is 9.36 Å². The number of nitrogens with one attached hydrogen (secondary N) is 1. The highest BCUT2D eigenvalue weighted by Gasteiger charge is 2.18. The van der Waals surface area contributed by atoms with Crippen molar-refractivity contribution >= 4 is 17.7 Å². The minimum Gasteiger partial charge on any atom is -0.497 e. The summed E-state index contributed by atoms with van der Waals surface area (Å²) in [5.41, 5.74) is 1.36. The van der Waals surface area contributed by atoms with Crippen molar-refractivity contribution in [3.63, 3.8) is 0 Å². The van der Waals surface area contributed by atoms with Gasteiger partial charge < -0.3 is 19.3 Å². The summed E-state index contributed by atoms with van der Waals surface area (Å²) in [5, 5.41) is 16.8.